The van der Waals surface area contributed by atoms with E-state index in [4.69, 9.17) is 13.9 Å². The summed E-state index contributed by atoms with van der Waals surface area (Å²) < 4.78 is 30.1. The standard InChI is InChI=1S/C22H22FNO4/c1-3-24(14-16-9-11-20(26-2)19(23)13-16)22(25)21-12-10-18(28-21)15-27-17-7-5-4-6-8-17/h4-13H,3,14-15H2,1-2H3. The molecule has 3 rings (SSSR count). The van der Waals surface area contributed by atoms with Crippen LogP contribution >= 0.6 is 0 Å². The third-order valence-electron chi connectivity index (χ3n) is 4.26. The van der Waals surface area contributed by atoms with Crippen molar-refractivity contribution in [1.29, 1.82) is 0 Å². The van der Waals surface area contributed by atoms with Gasteiger partial charge < -0.3 is 18.8 Å². The number of carbonyl (C=O) groups excluding carboxylic acids is 1. The number of carbonyl (C=O) groups is 1. The Hall–Kier alpha value is -3.28. The van der Waals surface area contributed by atoms with Crippen LogP contribution in [0.4, 0.5) is 4.39 Å². The molecule has 0 aliphatic heterocycles. The van der Waals surface area contributed by atoms with Crippen LogP contribution in [0.1, 0.15) is 28.8 Å². The number of halogens is 1. The Morgan fingerprint density at radius 3 is 2.57 bits per heavy atom. The van der Waals surface area contributed by atoms with Crippen LogP contribution in [0.5, 0.6) is 11.5 Å². The van der Waals surface area contributed by atoms with Gasteiger partial charge in [0.2, 0.25) is 0 Å². The number of amides is 1. The summed E-state index contributed by atoms with van der Waals surface area (Å²) in [6, 6.07) is 17.4. The van der Waals surface area contributed by atoms with Gasteiger partial charge in [-0.2, -0.15) is 0 Å². The summed E-state index contributed by atoms with van der Waals surface area (Å²) in [6.07, 6.45) is 0. The molecular weight excluding hydrogens is 361 g/mol. The molecule has 1 heterocycles. The van der Waals surface area contributed by atoms with Crippen LogP contribution < -0.4 is 9.47 Å². The van der Waals surface area contributed by atoms with E-state index in [0.717, 1.165) is 5.75 Å². The lowest BCUT2D eigenvalue weighted by Gasteiger charge is -2.20. The molecule has 0 aliphatic carbocycles. The molecule has 0 N–H and O–H groups in total. The second-order valence-corrected chi connectivity index (χ2v) is 6.16. The van der Waals surface area contributed by atoms with E-state index in [2.05, 4.69) is 0 Å². The number of para-hydroxylation sites is 1. The topological polar surface area (TPSA) is 51.9 Å². The summed E-state index contributed by atoms with van der Waals surface area (Å²) in [4.78, 5) is 14.3. The predicted octanol–water partition coefficient (Wildman–Crippen LogP) is 4.67. The normalized spacial score (nSPS) is 10.5. The van der Waals surface area contributed by atoms with Crippen LogP contribution in [0, 0.1) is 5.82 Å². The Kier molecular flexibility index (Phi) is 6.32. The first-order valence-electron chi connectivity index (χ1n) is 8.99. The first-order chi connectivity index (χ1) is 13.6. The van der Waals surface area contributed by atoms with Crippen molar-refractivity contribution in [2.24, 2.45) is 0 Å². The van der Waals surface area contributed by atoms with Gasteiger partial charge >= 0.3 is 0 Å². The Morgan fingerprint density at radius 1 is 1.11 bits per heavy atom. The van der Waals surface area contributed by atoms with E-state index in [0.29, 0.717) is 17.9 Å². The number of hydrogen-bond acceptors (Lipinski definition) is 4. The van der Waals surface area contributed by atoms with Crippen molar-refractivity contribution in [3.63, 3.8) is 0 Å². The van der Waals surface area contributed by atoms with E-state index in [1.54, 1.807) is 29.2 Å². The molecule has 0 atom stereocenters. The zero-order chi connectivity index (χ0) is 19.9. The van der Waals surface area contributed by atoms with Gasteiger partial charge in [-0.05, 0) is 48.9 Å². The van der Waals surface area contributed by atoms with E-state index in [-0.39, 0.29) is 30.6 Å². The minimum Gasteiger partial charge on any atom is -0.494 e. The van der Waals surface area contributed by atoms with Gasteiger partial charge in [0.1, 0.15) is 18.1 Å². The molecule has 0 aliphatic rings. The monoisotopic (exact) mass is 383 g/mol. The van der Waals surface area contributed by atoms with Gasteiger partial charge in [-0.15, -0.1) is 0 Å². The maximum atomic E-state index is 13.9. The van der Waals surface area contributed by atoms with E-state index in [9.17, 15) is 9.18 Å². The highest BCUT2D eigenvalue weighted by molar-refractivity contribution is 5.91. The second kappa shape index (κ2) is 9.08. The third-order valence-corrected chi connectivity index (χ3v) is 4.26. The fourth-order valence-electron chi connectivity index (χ4n) is 2.75. The molecule has 28 heavy (non-hydrogen) atoms. The van der Waals surface area contributed by atoms with E-state index in [1.165, 1.54) is 13.2 Å². The largest absolute Gasteiger partial charge is 0.494 e. The van der Waals surface area contributed by atoms with Gasteiger partial charge in [-0.3, -0.25) is 4.79 Å². The molecule has 1 aromatic heterocycles. The number of nitrogens with zero attached hydrogens (tertiary/aromatic N) is 1. The van der Waals surface area contributed by atoms with Gasteiger partial charge in [-0.1, -0.05) is 24.3 Å². The first-order valence-corrected chi connectivity index (χ1v) is 8.99. The van der Waals surface area contributed by atoms with Gasteiger partial charge in [0.15, 0.2) is 17.3 Å². The summed E-state index contributed by atoms with van der Waals surface area (Å²) in [5.41, 5.74) is 0.674. The lowest BCUT2D eigenvalue weighted by atomic mass is 10.2. The average Bonchev–Trinajstić information content (AvgIpc) is 3.20. The maximum Gasteiger partial charge on any atom is 0.289 e. The molecule has 0 spiro atoms. The molecule has 0 saturated carbocycles. The highest BCUT2D eigenvalue weighted by Crippen LogP contribution is 2.20. The van der Waals surface area contributed by atoms with Crippen molar-refractivity contribution in [3.05, 3.63) is 83.6 Å². The Balaban J connectivity index is 1.64. The van der Waals surface area contributed by atoms with E-state index < -0.39 is 5.82 Å². The quantitative estimate of drug-likeness (QED) is 0.567. The summed E-state index contributed by atoms with van der Waals surface area (Å²) >= 11 is 0. The van der Waals surface area contributed by atoms with Crippen LogP contribution in [0.2, 0.25) is 0 Å². The SMILES string of the molecule is CCN(Cc1ccc(OC)c(F)c1)C(=O)c1ccc(COc2ccccc2)o1. The molecule has 0 radical (unpaired) electrons. The van der Waals surface area contributed by atoms with E-state index >= 15 is 0 Å². The number of benzene rings is 2. The molecule has 5 nitrogen and oxygen atoms in total. The zero-order valence-electron chi connectivity index (χ0n) is 15.9. The number of furan rings is 1. The van der Waals surface area contributed by atoms with Crippen LogP contribution in [-0.4, -0.2) is 24.5 Å². The highest BCUT2D eigenvalue weighted by atomic mass is 19.1. The summed E-state index contributed by atoms with van der Waals surface area (Å²) in [6.45, 7) is 2.82. The first kappa shape index (κ1) is 19.5. The van der Waals surface area contributed by atoms with Crippen LogP contribution in [-0.2, 0) is 13.2 Å². The number of hydrogen-bond donors (Lipinski definition) is 0. The fourth-order valence-corrected chi connectivity index (χ4v) is 2.75. The predicted molar refractivity (Wildman–Crippen MR) is 103 cm³/mol. The molecular formula is C22H22FNO4. The Morgan fingerprint density at radius 2 is 1.89 bits per heavy atom. The lowest BCUT2D eigenvalue weighted by molar-refractivity contribution is 0.0716. The number of rotatable bonds is 8. The van der Waals surface area contributed by atoms with Crippen molar-refractivity contribution >= 4 is 5.91 Å². The Labute approximate surface area is 163 Å². The molecule has 146 valence electrons. The molecule has 0 fully saturated rings. The van der Waals surface area contributed by atoms with Gasteiger partial charge in [0.25, 0.3) is 5.91 Å². The summed E-state index contributed by atoms with van der Waals surface area (Å²) in [5.74, 6) is 0.962. The average molecular weight is 383 g/mol. The molecule has 0 bridgehead atoms. The maximum absolute atomic E-state index is 13.9. The lowest BCUT2D eigenvalue weighted by Crippen LogP contribution is -2.30. The van der Waals surface area contributed by atoms with Crippen LogP contribution in [0.15, 0.2) is 65.1 Å². The Bertz CT molecular complexity index is 923. The van der Waals surface area contributed by atoms with Gasteiger partial charge in [-0.25, -0.2) is 4.39 Å². The molecule has 0 unspecified atom stereocenters. The summed E-state index contributed by atoms with van der Waals surface area (Å²) in [5, 5.41) is 0. The zero-order valence-corrected chi connectivity index (χ0v) is 15.9. The van der Waals surface area contributed by atoms with Crippen molar-refractivity contribution in [2.45, 2.75) is 20.1 Å². The van der Waals surface area contributed by atoms with Gasteiger partial charge in [0, 0.05) is 13.1 Å². The second-order valence-electron chi connectivity index (χ2n) is 6.16. The van der Waals surface area contributed by atoms with Crippen molar-refractivity contribution in [3.8, 4) is 11.5 Å². The van der Waals surface area contributed by atoms with Crippen LogP contribution in [0.25, 0.3) is 0 Å². The van der Waals surface area contributed by atoms with E-state index in [1.807, 2.05) is 37.3 Å². The molecule has 1 amide bonds. The molecule has 2 aromatic carbocycles. The van der Waals surface area contributed by atoms with Crippen molar-refractivity contribution in [1.82, 2.24) is 4.90 Å². The molecule has 3 aromatic rings. The highest BCUT2D eigenvalue weighted by Gasteiger charge is 2.19. The minimum absolute atomic E-state index is 0.173. The smallest absolute Gasteiger partial charge is 0.289 e. The summed E-state index contributed by atoms with van der Waals surface area (Å²) in [7, 11) is 1.41. The number of methoxy groups -OCH3 is 1. The third kappa shape index (κ3) is 4.71. The fraction of sp³-hybridized carbons (Fsp3) is 0.227. The minimum atomic E-state index is -0.457. The molecule has 0 saturated heterocycles. The van der Waals surface area contributed by atoms with Crippen LogP contribution in [0.3, 0.4) is 0 Å². The van der Waals surface area contributed by atoms with Crippen molar-refractivity contribution in [2.75, 3.05) is 13.7 Å². The van der Waals surface area contributed by atoms with Crippen molar-refractivity contribution < 1.29 is 23.1 Å². The molecule has 6 heteroatoms. The van der Waals surface area contributed by atoms with Gasteiger partial charge in [0.05, 0.1) is 7.11 Å². The number of ether oxygens (including phenoxy) is 2.